The van der Waals surface area contributed by atoms with Crippen LogP contribution in [0.5, 0.6) is 5.75 Å². The van der Waals surface area contributed by atoms with Gasteiger partial charge in [-0.25, -0.2) is 8.42 Å². The van der Waals surface area contributed by atoms with Gasteiger partial charge in [-0.15, -0.1) is 0 Å². The van der Waals surface area contributed by atoms with Crippen LogP contribution in [-0.4, -0.2) is 61.7 Å². The fourth-order valence-electron chi connectivity index (χ4n) is 3.60. The molecule has 0 fully saturated rings. The Morgan fingerprint density at radius 3 is 2.26 bits per heavy atom. The Morgan fingerprint density at radius 1 is 1.09 bits per heavy atom. The molecule has 0 aliphatic carbocycles. The number of hydrogen-bond donors (Lipinski definition) is 1. The van der Waals surface area contributed by atoms with Gasteiger partial charge < -0.3 is 15.0 Å². The van der Waals surface area contributed by atoms with Crippen molar-refractivity contribution in [2.24, 2.45) is 0 Å². The van der Waals surface area contributed by atoms with Crippen molar-refractivity contribution in [3.63, 3.8) is 0 Å². The minimum absolute atomic E-state index is 0.107. The van der Waals surface area contributed by atoms with Crippen LogP contribution in [0.2, 0.25) is 0 Å². The number of carbonyl (C=O) groups is 2. The van der Waals surface area contributed by atoms with Crippen molar-refractivity contribution in [3.8, 4) is 5.75 Å². The van der Waals surface area contributed by atoms with E-state index in [0.29, 0.717) is 12.2 Å². The number of rotatable bonds is 10. The minimum atomic E-state index is -3.88. The molecule has 35 heavy (non-hydrogen) atoms. The first-order valence-electron chi connectivity index (χ1n) is 11.6. The third-order valence-electron chi connectivity index (χ3n) is 5.46. The van der Waals surface area contributed by atoms with E-state index in [1.54, 1.807) is 37.4 Å². The number of carbonyl (C=O) groups excluding carboxylic acids is 2. The Bertz CT molecular complexity index is 1120. The van der Waals surface area contributed by atoms with Gasteiger partial charge in [0.25, 0.3) is 0 Å². The Hall–Kier alpha value is -2.91. The maximum atomic E-state index is 13.5. The van der Waals surface area contributed by atoms with Crippen LogP contribution in [0, 0.1) is 6.92 Å². The maximum Gasteiger partial charge on any atom is 0.243 e. The van der Waals surface area contributed by atoms with Crippen LogP contribution < -0.4 is 10.1 Å². The summed E-state index contributed by atoms with van der Waals surface area (Å²) in [5, 5.41) is 2.94. The van der Waals surface area contributed by atoms with Gasteiger partial charge in [-0.3, -0.25) is 9.59 Å². The molecule has 1 atom stereocenters. The summed E-state index contributed by atoms with van der Waals surface area (Å²) in [4.78, 5) is 28.2. The number of sulfonamides is 1. The summed E-state index contributed by atoms with van der Waals surface area (Å²) in [5.41, 5.74) is 1.22. The van der Waals surface area contributed by atoms with Crippen molar-refractivity contribution in [2.75, 3.05) is 20.7 Å². The molecule has 0 saturated carbocycles. The van der Waals surface area contributed by atoms with Gasteiger partial charge >= 0.3 is 0 Å². The number of likely N-dealkylation sites (N-methyl/N-ethyl adjacent to an activating group) is 1. The Kier molecular flexibility index (Phi) is 9.45. The van der Waals surface area contributed by atoms with E-state index in [-0.39, 0.29) is 17.3 Å². The lowest BCUT2D eigenvalue weighted by atomic mass is 10.1. The molecule has 0 saturated heterocycles. The third-order valence-corrected chi connectivity index (χ3v) is 7.28. The molecule has 1 unspecified atom stereocenters. The fraction of sp³-hybridized carbons (Fsp3) is 0.462. The van der Waals surface area contributed by atoms with Crippen LogP contribution in [0.15, 0.2) is 53.4 Å². The zero-order chi connectivity index (χ0) is 26.4. The van der Waals surface area contributed by atoms with E-state index in [0.717, 1.165) is 15.4 Å². The monoisotopic (exact) mass is 503 g/mol. The zero-order valence-electron chi connectivity index (χ0n) is 21.7. The van der Waals surface area contributed by atoms with Gasteiger partial charge in [-0.2, -0.15) is 4.31 Å². The predicted molar refractivity (Wildman–Crippen MR) is 137 cm³/mol. The van der Waals surface area contributed by atoms with Gasteiger partial charge in [0, 0.05) is 19.1 Å². The van der Waals surface area contributed by atoms with Crippen molar-refractivity contribution >= 4 is 21.8 Å². The second-order valence-electron chi connectivity index (χ2n) is 9.61. The zero-order valence-corrected chi connectivity index (χ0v) is 22.5. The van der Waals surface area contributed by atoms with E-state index in [2.05, 4.69) is 5.32 Å². The molecule has 192 valence electrons. The largest absolute Gasteiger partial charge is 0.497 e. The number of nitrogens with one attached hydrogen (secondary N) is 1. The predicted octanol–water partition coefficient (Wildman–Crippen LogP) is 3.35. The molecule has 0 aliphatic heterocycles. The van der Waals surface area contributed by atoms with Gasteiger partial charge in [-0.1, -0.05) is 36.8 Å². The minimum Gasteiger partial charge on any atom is -0.497 e. The number of ether oxygens (including phenoxy) is 1. The first kappa shape index (κ1) is 28.3. The molecular formula is C26H37N3O5S. The number of amides is 2. The Balaban J connectivity index is 2.37. The smallest absolute Gasteiger partial charge is 0.243 e. The second kappa shape index (κ2) is 11.7. The summed E-state index contributed by atoms with van der Waals surface area (Å²) in [5.74, 6) is -0.136. The van der Waals surface area contributed by atoms with Crippen molar-refractivity contribution in [3.05, 3.63) is 59.7 Å². The molecule has 0 radical (unpaired) electrons. The van der Waals surface area contributed by atoms with E-state index < -0.39 is 34.1 Å². The first-order valence-corrected chi connectivity index (χ1v) is 13.0. The van der Waals surface area contributed by atoms with E-state index in [1.807, 2.05) is 40.7 Å². The summed E-state index contributed by atoms with van der Waals surface area (Å²) in [6.07, 6.45) is 0.367. The first-order chi connectivity index (χ1) is 16.3. The van der Waals surface area contributed by atoms with E-state index in [9.17, 15) is 18.0 Å². The highest BCUT2D eigenvalue weighted by Gasteiger charge is 2.33. The van der Waals surface area contributed by atoms with Gasteiger partial charge in [0.15, 0.2) is 0 Å². The van der Waals surface area contributed by atoms with E-state index >= 15 is 0 Å². The van der Waals surface area contributed by atoms with Crippen LogP contribution in [0.4, 0.5) is 0 Å². The van der Waals surface area contributed by atoms with Gasteiger partial charge in [0.1, 0.15) is 11.8 Å². The molecule has 0 aromatic heterocycles. The highest BCUT2D eigenvalue weighted by atomic mass is 32.2. The van der Waals surface area contributed by atoms with Crippen LogP contribution in [0.1, 0.15) is 45.2 Å². The van der Waals surface area contributed by atoms with E-state index in [1.165, 1.54) is 24.1 Å². The number of aryl methyl sites for hydroxylation is 1. The summed E-state index contributed by atoms with van der Waals surface area (Å²) in [6, 6.07) is 12.9. The topological polar surface area (TPSA) is 96.0 Å². The summed E-state index contributed by atoms with van der Waals surface area (Å²) in [6.45, 7) is 9.03. The number of methoxy groups -OCH3 is 1. The lowest BCUT2D eigenvalue weighted by Crippen LogP contribution is -2.55. The molecule has 0 spiro atoms. The number of hydrogen-bond acceptors (Lipinski definition) is 5. The van der Waals surface area contributed by atoms with Crippen molar-refractivity contribution in [1.82, 2.24) is 14.5 Å². The number of benzene rings is 2. The van der Waals surface area contributed by atoms with Crippen LogP contribution in [0.25, 0.3) is 0 Å². The molecule has 2 aromatic rings. The maximum absolute atomic E-state index is 13.5. The van der Waals surface area contributed by atoms with Crippen LogP contribution in [-0.2, 0) is 26.2 Å². The molecule has 1 N–H and O–H groups in total. The van der Waals surface area contributed by atoms with Gasteiger partial charge in [0.05, 0.1) is 18.6 Å². The average Bonchev–Trinajstić information content (AvgIpc) is 2.78. The quantitative estimate of drug-likeness (QED) is 0.537. The Labute approximate surface area is 209 Å². The number of nitrogens with zero attached hydrogens (tertiary/aromatic N) is 2. The molecule has 0 heterocycles. The SMILES string of the molecule is CCC(C(=O)NC(C)(C)C)N(Cc1cccc(OC)c1)C(=O)CN(C)S(=O)(=O)c1ccc(C)cc1. The molecule has 2 rings (SSSR count). The summed E-state index contributed by atoms with van der Waals surface area (Å²) >= 11 is 0. The van der Waals surface area contributed by atoms with Gasteiger partial charge in [-0.05, 0) is 63.9 Å². The molecular weight excluding hydrogens is 466 g/mol. The standard InChI is InChI=1S/C26H37N3O5S/c1-8-23(25(31)27-26(3,4)5)29(17-20-10-9-11-21(16-20)34-7)24(30)18-28(6)35(32,33)22-14-12-19(2)13-15-22/h9-16,23H,8,17-18H2,1-7H3,(H,27,31). The normalized spacial score (nSPS) is 12.8. The third kappa shape index (κ3) is 7.80. The van der Waals surface area contributed by atoms with E-state index in [4.69, 9.17) is 4.74 Å². The Morgan fingerprint density at radius 2 is 1.71 bits per heavy atom. The average molecular weight is 504 g/mol. The lowest BCUT2D eigenvalue weighted by molar-refractivity contribution is -0.142. The summed E-state index contributed by atoms with van der Waals surface area (Å²) < 4.78 is 32.4. The highest BCUT2D eigenvalue weighted by Crippen LogP contribution is 2.20. The molecule has 0 aliphatic rings. The lowest BCUT2D eigenvalue weighted by Gasteiger charge is -2.34. The molecule has 0 bridgehead atoms. The fourth-order valence-corrected chi connectivity index (χ4v) is 4.72. The van der Waals surface area contributed by atoms with Gasteiger partial charge in [0.2, 0.25) is 21.8 Å². The van der Waals surface area contributed by atoms with Crippen molar-refractivity contribution in [1.29, 1.82) is 0 Å². The van der Waals surface area contributed by atoms with Crippen LogP contribution in [0.3, 0.4) is 0 Å². The molecule has 8 nitrogen and oxygen atoms in total. The second-order valence-corrected chi connectivity index (χ2v) is 11.7. The molecule has 9 heteroatoms. The highest BCUT2D eigenvalue weighted by molar-refractivity contribution is 7.89. The van der Waals surface area contributed by atoms with Crippen molar-refractivity contribution < 1.29 is 22.7 Å². The van der Waals surface area contributed by atoms with Crippen LogP contribution >= 0.6 is 0 Å². The molecule has 2 amide bonds. The van der Waals surface area contributed by atoms with Crippen molar-refractivity contribution in [2.45, 2.75) is 64.1 Å². The molecule has 2 aromatic carbocycles. The summed E-state index contributed by atoms with van der Waals surface area (Å²) in [7, 11) is -0.962.